The Morgan fingerprint density at radius 3 is 2.62 bits per heavy atom. The van der Waals surface area contributed by atoms with Crippen LogP contribution in [-0.4, -0.2) is 13.1 Å². The number of likely N-dealkylation sites (N-methyl/N-ethyl adjacent to an activating group) is 1. The molecule has 13 heavy (non-hydrogen) atoms. The molecule has 0 amide bonds. The Hall–Kier alpha value is -1.26. The highest BCUT2D eigenvalue weighted by molar-refractivity contribution is 5.16. The molecular weight excluding hydrogens is 158 g/mol. The molecule has 0 fully saturated rings. The lowest BCUT2D eigenvalue weighted by Crippen LogP contribution is -2.26. The molecule has 1 nitrogen and oxygen atoms in total. The maximum Gasteiger partial charge on any atom is 0.0243 e. The van der Waals surface area contributed by atoms with E-state index in [-0.39, 0.29) is 0 Å². The first-order valence-corrected chi connectivity index (χ1v) is 4.51. The second-order valence-corrected chi connectivity index (χ2v) is 3.08. The van der Waals surface area contributed by atoms with Gasteiger partial charge in [0.1, 0.15) is 0 Å². The van der Waals surface area contributed by atoms with Crippen LogP contribution in [-0.2, 0) is 6.42 Å². The van der Waals surface area contributed by atoms with Crippen molar-refractivity contribution in [2.24, 2.45) is 0 Å². The topological polar surface area (TPSA) is 12.0 Å². The third-order valence-electron chi connectivity index (χ3n) is 2.10. The van der Waals surface area contributed by atoms with Crippen molar-refractivity contribution < 1.29 is 0 Å². The molecule has 1 aromatic rings. The molecule has 1 atom stereocenters. The summed E-state index contributed by atoms with van der Waals surface area (Å²) >= 11 is 0. The number of terminal acetylenes is 1. The zero-order valence-electron chi connectivity index (χ0n) is 7.96. The monoisotopic (exact) mass is 173 g/mol. The van der Waals surface area contributed by atoms with Crippen molar-refractivity contribution in [1.29, 1.82) is 0 Å². The molecule has 1 heteroatoms. The molecule has 0 aromatic heterocycles. The predicted octanol–water partition coefficient (Wildman–Crippen LogP) is 1.84. The minimum Gasteiger partial charge on any atom is -0.316 e. The Morgan fingerprint density at radius 2 is 2.08 bits per heavy atom. The summed E-state index contributed by atoms with van der Waals surface area (Å²) in [5.74, 6) is 2.68. The molecule has 0 bridgehead atoms. The number of benzene rings is 1. The SMILES string of the molecule is C#CCC(Cc1ccccc1)NC. The van der Waals surface area contributed by atoms with Gasteiger partial charge in [0.15, 0.2) is 0 Å². The molecule has 0 aliphatic carbocycles. The summed E-state index contributed by atoms with van der Waals surface area (Å²) in [5.41, 5.74) is 1.33. The summed E-state index contributed by atoms with van der Waals surface area (Å²) in [4.78, 5) is 0. The number of nitrogens with one attached hydrogen (secondary N) is 1. The van der Waals surface area contributed by atoms with Gasteiger partial charge in [0.2, 0.25) is 0 Å². The fourth-order valence-corrected chi connectivity index (χ4v) is 1.32. The zero-order valence-corrected chi connectivity index (χ0v) is 7.96. The van der Waals surface area contributed by atoms with E-state index in [0.29, 0.717) is 6.04 Å². The van der Waals surface area contributed by atoms with Crippen LogP contribution >= 0.6 is 0 Å². The van der Waals surface area contributed by atoms with Crippen LogP contribution in [0, 0.1) is 12.3 Å². The predicted molar refractivity (Wildman–Crippen MR) is 56.4 cm³/mol. The zero-order chi connectivity index (χ0) is 9.52. The van der Waals surface area contributed by atoms with Crippen molar-refractivity contribution in [2.45, 2.75) is 18.9 Å². The van der Waals surface area contributed by atoms with E-state index in [1.54, 1.807) is 0 Å². The van der Waals surface area contributed by atoms with E-state index in [9.17, 15) is 0 Å². The van der Waals surface area contributed by atoms with Gasteiger partial charge in [-0.05, 0) is 19.0 Å². The van der Waals surface area contributed by atoms with Gasteiger partial charge >= 0.3 is 0 Å². The summed E-state index contributed by atoms with van der Waals surface area (Å²) in [7, 11) is 1.95. The van der Waals surface area contributed by atoms with Gasteiger partial charge in [-0.15, -0.1) is 12.3 Å². The quantitative estimate of drug-likeness (QED) is 0.685. The van der Waals surface area contributed by atoms with Gasteiger partial charge in [0.05, 0.1) is 0 Å². The van der Waals surface area contributed by atoms with Crippen LogP contribution in [0.3, 0.4) is 0 Å². The van der Waals surface area contributed by atoms with Crippen LogP contribution in [0.1, 0.15) is 12.0 Å². The van der Waals surface area contributed by atoms with Crippen molar-refractivity contribution in [1.82, 2.24) is 5.32 Å². The van der Waals surface area contributed by atoms with Crippen LogP contribution < -0.4 is 5.32 Å². The lowest BCUT2D eigenvalue weighted by Gasteiger charge is -2.12. The second-order valence-electron chi connectivity index (χ2n) is 3.08. The van der Waals surface area contributed by atoms with Gasteiger partial charge in [0.25, 0.3) is 0 Å². The van der Waals surface area contributed by atoms with Gasteiger partial charge in [-0.25, -0.2) is 0 Å². The van der Waals surface area contributed by atoms with Gasteiger partial charge in [-0.1, -0.05) is 30.3 Å². The van der Waals surface area contributed by atoms with Crippen molar-refractivity contribution in [3.63, 3.8) is 0 Å². The van der Waals surface area contributed by atoms with Crippen LogP contribution in [0.25, 0.3) is 0 Å². The van der Waals surface area contributed by atoms with E-state index in [0.717, 1.165) is 12.8 Å². The lowest BCUT2D eigenvalue weighted by atomic mass is 10.0. The molecule has 1 aromatic carbocycles. The number of hydrogen-bond acceptors (Lipinski definition) is 1. The average Bonchev–Trinajstić information content (AvgIpc) is 2.19. The van der Waals surface area contributed by atoms with Gasteiger partial charge < -0.3 is 5.32 Å². The second kappa shape index (κ2) is 5.40. The minimum atomic E-state index is 0.396. The molecule has 0 radical (unpaired) electrons. The molecule has 0 saturated heterocycles. The molecule has 1 N–H and O–H groups in total. The first kappa shape index (κ1) is 9.83. The van der Waals surface area contributed by atoms with E-state index < -0.39 is 0 Å². The van der Waals surface area contributed by atoms with E-state index in [2.05, 4.69) is 35.5 Å². The summed E-state index contributed by atoms with van der Waals surface area (Å²) in [6.45, 7) is 0. The van der Waals surface area contributed by atoms with Crippen molar-refractivity contribution in [3.8, 4) is 12.3 Å². The Morgan fingerprint density at radius 1 is 1.38 bits per heavy atom. The summed E-state index contributed by atoms with van der Waals surface area (Å²) in [6.07, 6.45) is 7.05. The molecule has 0 saturated carbocycles. The molecule has 0 aliphatic rings. The summed E-state index contributed by atoms with van der Waals surface area (Å²) < 4.78 is 0. The van der Waals surface area contributed by atoms with Crippen molar-refractivity contribution >= 4 is 0 Å². The highest BCUT2D eigenvalue weighted by atomic mass is 14.9. The van der Waals surface area contributed by atoms with E-state index in [1.165, 1.54) is 5.56 Å². The fraction of sp³-hybridized carbons (Fsp3) is 0.333. The first-order valence-electron chi connectivity index (χ1n) is 4.51. The Balaban J connectivity index is 2.53. The van der Waals surface area contributed by atoms with E-state index >= 15 is 0 Å². The smallest absolute Gasteiger partial charge is 0.0243 e. The third-order valence-corrected chi connectivity index (χ3v) is 2.10. The van der Waals surface area contributed by atoms with E-state index in [1.807, 2.05) is 13.1 Å². The first-order chi connectivity index (χ1) is 6.36. The van der Waals surface area contributed by atoms with Crippen LogP contribution in [0.15, 0.2) is 30.3 Å². The maximum absolute atomic E-state index is 5.27. The van der Waals surface area contributed by atoms with Gasteiger partial charge in [-0.2, -0.15) is 0 Å². The van der Waals surface area contributed by atoms with E-state index in [4.69, 9.17) is 6.42 Å². The van der Waals surface area contributed by atoms with Crippen molar-refractivity contribution in [3.05, 3.63) is 35.9 Å². The van der Waals surface area contributed by atoms with Crippen LogP contribution in [0.4, 0.5) is 0 Å². The number of hydrogen-bond donors (Lipinski definition) is 1. The summed E-state index contributed by atoms with van der Waals surface area (Å²) in [5, 5.41) is 3.21. The van der Waals surface area contributed by atoms with Crippen molar-refractivity contribution in [2.75, 3.05) is 7.05 Å². The molecule has 1 rings (SSSR count). The van der Waals surface area contributed by atoms with Gasteiger partial charge in [0, 0.05) is 12.5 Å². The molecule has 1 unspecified atom stereocenters. The highest BCUT2D eigenvalue weighted by Gasteiger charge is 2.04. The Kier molecular flexibility index (Phi) is 4.08. The van der Waals surface area contributed by atoms with Crippen LogP contribution in [0.5, 0.6) is 0 Å². The summed E-state index contributed by atoms with van der Waals surface area (Å²) in [6, 6.07) is 10.8. The molecule has 0 heterocycles. The maximum atomic E-state index is 5.27. The normalized spacial score (nSPS) is 12.0. The molecular formula is C12H15N. The number of rotatable bonds is 4. The largest absolute Gasteiger partial charge is 0.316 e. The van der Waals surface area contributed by atoms with Gasteiger partial charge in [-0.3, -0.25) is 0 Å². The Bertz CT molecular complexity index is 271. The standard InChI is InChI=1S/C12H15N/c1-3-7-12(13-2)10-11-8-5-4-6-9-11/h1,4-6,8-9,12-13H,7,10H2,2H3. The molecule has 0 aliphatic heterocycles. The lowest BCUT2D eigenvalue weighted by molar-refractivity contribution is 0.573. The fourth-order valence-electron chi connectivity index (χ4n) is 1.32. The minimum absolute atomic E-state index is 0.396. The Labute approximate surface area is 80.2 Å². The third kappa shape index (κ3) is 3.31. The van der Waals surface area contributed by atoms with Crippen LogP contribution in [0.2, 0.25) is 0 Å². The molecule has 68 valence electrons. The average molecular weight is 173 g/mol. The highest BCUT2D eigenvalue weighted by Crippen LogP contribution is 2.04. The molecule has 0 spiro atoms.